The van der Waals surface area contributed by atoms with Crippen LogP contribution in [0.3, 0.4) is 0 Å². The lowest BCUT2D eigenvalue weighted by atomic mass is 10.0. The average molecular weight is 289 g/mol. The minimum Gasteiger partial charge on any atom is -0.310 e. The molecule has 0 fully saturated rings. The fourth-order valence-electron chi connectivity index (χ4n) is 2.61. The lowest BCUT2D eigenvalue weighted by molar-refractivity contribution is 0.479. The van der Waals surface area contributed by atoms with Crippen molar-refractivity contribution >= 4 is 0 Å². The molecule has 1 aromatic carbocycles. The fraction of sp³-hybridized carbons (Fsp3) is 0.471. The molecule has 0 aliphatic heterocycles. The van der Waals surface area contributed by atoms with Gasteiger partial charge in [-0.2, -0.15) is 5.10 Å². The molecule has 3 nitrogen and oxygen atoms in total. The van der Waals surface area contributed by atoms with Crippen LogP contribution in [0.25, 0.3) is 0 Å². The molecule has 0 radical (unpaired) electrons. The van der Waals surface area contributed by atoms with Crippen molar-refractivity contribution in [1.82, 2.24) is 15.1 Å². The minimum absolute atomic E-state index is 0.0208. The first kappa shape index (κ1) is 15.7. The quantitative estimate of drug-likeness (QED) is 0.843. The Kier molecular flexibility index (Phi) is 5.51. The van der Waals surface area contributed by atoms with Crippen molar-refractivity contribution in [2.24, 2.45) is 0 Å². The van der Waals surface area contributed by atoms with E-state index in [0.29, 0.717) is 0 Å². The first-order chi connectivity index (χ1) is 10.2. The second-order valence-corrected chi connectivity index (χ2v) is 5.33. The first-order valence-corrected chi connectivity index (χ1v) is 7.66. The zero-order chi connectivity index (χ0) is 15.2. The van der Waals surface area contributed by atoms with Gasteiger partial charge in [0.25, 0.3) is 0 Å². The highest BCUT2D eigenvalue weighted by Crippen LogP contribution is 2.22. The molecule has 1 aromatic heterocycles. The molecule has 1 heterocycles. The summed E-state index contributed by atoms with van der Waals surface area (Å²) in [5, 5.41) is 7.93. The van der Waals surface area contributed by atoms with Gasteiger partial charge < -0.3 is 5.32 Å². The van der Waals surface area contributed by atoms with Gasteiger partial charge in [-0.1, -0.05) is 25.1 Å². The Hall–Kier alpha value is -1.68. The van der Waals surface area contributed by atoms with E-state index in [1.165, 1.54) is 6.07 Å². The second kappa shape index (κ2) is 7.36. The van der Waals surface area contributed by atoms with Gasteiger partial charge in [-0.25, -0.2) is 4.39 Å². The molecule has 2 rings (SSSR count). The van der Waals surface area contributed by atoms with E-state index in [0.717, 1.165) is 42.9 Å². The van der Waals surface area contributed by atoms with Crippen molar-refractivity contribution in [3.63, 3.8) is 0 Å². The molecule has 0 aliphatic carbocycles. The highest BCUT2D eigenvalue weighted by molar-refractivity contribution is 5.23. The third-order valence-electron chi connectivity index (χ3n) is 3.62. The van der Waals surface area contributed by atoms with Gasteiger partial charge in [-0.3, -0.25) is 4.68 Å². The summed E-state index contributed by atoms with van der Waals surface area (Å²) in [5.41, 5.74) is 2.88. The third-order valence-corrected chi connectivity index (χ3v) is 3.62. The molecule has 1 N–H and O–H groups in total. The number of aromatic nitrogens is 2. The summed E-state index contributed by atoms with van der Waals surface area (Å²) in [6, 6.07) is 9.08. The van der Waals surface area contributed by atoms with E-state index < -0.39 is 0 Å². The smallest absolute Gasteiger partial charge is 0.127 e. The molecule has 21 heavy (non-hydrogen) atoms. The van der Waals surface area contributed by atoms with Crippen LogP contribution in [0.2, 0.25) is 0 Å². The van der Waals surface area contributed by atoms with Crippen LogP contribution in [0.5, 0.6) is 0 Å². The molecule has 0 bridgehead atoms. The maximum absolute atomic E-state index is 14.1. The predicted molar refractivity (Wildman–Crippen MR) is 83.8 cm³/mol. The minimum atomic E-state index is -0.148. The molecule has 0 spiro atoms. The summed E-state index contributed by atoms with van der Waals surface area (Å²) in [6.45, 7) is 7.89. The summed E-state index contributed by atoms with van der Waals surface area (Å²) >= 11 is 0. The van der Waals surface area contributed by atoms with E-state index >= 15 is 0 Å². The predicted octanol–water partition coefficient (Wildman–Crippen LogP) is 3.63. The number of halogens is 1. The molecule has 1 unspecified atom stereocenters. The molecule has 0 amide bonds. The topological polar surface area (TPSA) is 29.9 Å². The number of hydrogen-bond acceptors (Lipinski definition) is 2. The Morgan fingerprint density at radius 3 is 2.71 bits per heavy atom. The number of nitrogens with one attached hydrogen (secondary N) is 1. The average Bonchev–Trinajstić information content (AvgIpc) is 2.84. The standard InChI is InChI=1S/C17H24FN3/c1-4-10-19-17(15-8-6-7-9-16(15)18)12-14-11-13(3)20-21(14)5-2/h6-9,11,17,19H,4-5,10,12H2,1-3H3. The van der Waals surface area contributed by atoms with E-state index in [1.54, 1.807) is 6.07 Å². The zero-order valence-corrected chi connectivity index (χ0v) is 13.1. The lowest BCUT2D eigenvalue weighted by Crippen LogP contribution is -2.26. The van der Waals surface area contributed by atoms with Gasteiger partial charge >= 0.3 is 0 Å². The van der Waals surface area contributed by atoms with Gasteiger partial charge in [0.1, 0.15) is 5.82 Å². The van der Waals surface area contributed by atoms with Crippen LogP contribution >= 0.6 is 0 Å². The number of nitrogens with zero attached hydrogens (tertiary/aromatic N) is 2. The fourth-order valence-corrected chi connectivity index (χ4v) is 2.61. The maximum atomic E-state index is 14.1. The van der Waals surface area contributed by atoms with Crippen molar-refractivity contribution < 1.29 is 4.39 Å². The Labute approximate surface area is 126 Å². The normalized spacial score (nSPS) is 12.6. The molecule has 2 aromatic rings. The van der Waals surface area contributed by atoms with Crippen molar-refractivity contribution in [1.29, 1.82) is 0 Å². The molecule has 0 saturated heterocycles. The second-order valence-electron chi connectivity index (χ2n) is 5.33. The van der Waals surface area contributed by atoms with Crippen LogP contribution in [0, 0.1) is 12.7 Å². The van der Waals surface area contributed by atoms with Crippen LogP contribution in [0.15, 0.2) is 30.3 Å². The van der Waals surface area contributed by atoms with Crippen LogP contribution in [-0.4, -0.2) is 16.3 Å². The number of aryl methyl sites for hydroxylation is 2. The molecule has 0 saturated carbocycles. The van der Waals surface area contributed by atoms with Crippen LogP contribution in [0.1, 0.15) is 43.3 Å². The van der Waals surface area contributed by atoms with Gasteiger partial charge in [0.05, 0.1) is 5.69 Å². The molecule has 1 atom stereocenters. The Bertz CT molecular complexity index is 577. The Morgan fingerprint density at radius 1 is 1.29 bits per heavy atom. The molecular weight excluding hydrogens is 265 g/mol. The van der Waals surface area contributed by atoms with Gasteiger partial charge in [-0.05, 0) is 38.9 Å². The van der Waals surface area contributed by atoms with Gasteiger partial charge in [0.2, 0.25) is 0 Å². The Balaban J connectivity index is 2.26. The summed E-state index contributed by atoms with van der Waals surface area (Å²) in [4.78, 5) is 0. The van der Waals surface area contributed by atoms with Crippen molar-refractivity contribution in [3.05, 3.63) is 53.1 Å². The summed E-state index contributed by atoms with van der Waals surface area (Å²) < 4.78 is 16.1. The van der Waals surface area contributed by atoms with Crippen molar-refractivity contribution in [2.45, 2.75) is 46.2 Å². The highest BCUT2D eigenvalue weighted by atomic mass is 19.1. The number of rotatable bonds is 7. The van der Waals surface area contributed by atoms with Crippen molar-refractivity contribution in [2.75, 3.05) is 6.54 Å². The monoisotopic (exact) mass is 289 g/mol. The highest BCUT2D eigenvalue weighted by Gasteiger charge is 2.17. The SMILES string of the molecule is CCCNC(Cc1cc(C)nn1CC)c1ccccc1F. The molecular formula is C17H24FN3. The maximum Gasteiger partial charge on any atom is 0.127 e. The van der Waals surface area contributed by atoms with Crippen LogP contribution < -0.4 is 5.32 Å². The third kappa shape index (κ3) is 3.91. The lowest BCUT2D eigenvalue weighted by Gasteiger charge is -2.20. The Morgan fingerprint density at radius 2 is 2.05 bits per heavy atom. The first-order valence-electron chi connectivity index (χ1n) is 7.66. The van der Waals surface area contributed by atoms with Gasteiger partial charge in [0.15, 0.2) is 0 Å². The van der Waals surface area contributed by atoms with Crippen LogP contribution in [-0.2, 0) is 13.0 Å². The summed E-state index contributed by atoms with van der Waals surface area (Å²) in [5.74, 6) is -0.148. The largest absolute Gasteiger partial charge is 0.310 e. The zero-order valence-electron chi connectivity index (χ0n) is 13.1. The van der Waals surface area contributed by atoms with Gasteiger partial charge in [-0.15, -0.1) is 0 Å². The molecule has 4 heteroatoms. The van der Waals surface area contributed by atoms with Gasteiger partial charge in [0, 0.05) is 30.3 Å². The number of hydrogen-bond donors (Lipinski definition) is 1. The molecule has 114 valence electrons. The van der Waals surface area contributed by atoms with E-state index in [2.05, 4.69) is 30.3 Å². The van der Waals surface area contributed by atoms with E-state index in [4.69, 9.17) is 0 Å². The molecule has 0 aliphatic rings. The van der Waals surface area contributed by atoms with E-state index in [9.17, 15) is 4.39 Å². The van der Waals surface area contributed by atoms with E-state index in [-0.39, 0.29) is 11.9 Å². The number of benzene rings is 1. The van der Waals surface area contributed by atoms with Crippen molar-refractivity contribution in [3.8, 4) is 0 Å². The van der Waals surface area contributed by atoms with Crippen LogP contribution in [0.4, 0.5) is 4.39 Å². The summed E-state index contributed by atoms with van der Waals surface area (Å²) in [7, 11) is 0. The summed E-state index contributed by atoms with van der Waals surface area (Å²) in [6.07, 6.45) is 1.77. The van der Waals surface area contributed by atoms with E-state index in [1.807, 2.05) is 23.7 Å².